The molecule has 3 rings (SSSR count). The fourth-order valence-electron chi connectivity index (χ4n) is 4.26. The van der Waals surface area contributed by atoms with Crippen LogP contribution in [-0.4, -0.2) is 23.1 Å². The van der Waals surface area contributed by atoms with Gasteiger partial charge in [-0.25, -0.2) is 4.79 Å². The lowest BCUT2D eigenvalue weighted by Crippen LogP contribution is -2.34. The van der Waals surface area contributed by atoms with Gasteiger partial charge in [-0.2, -0.15) is 5.26 Å². The molecule has 0 fully saturated rings. The molecule has 0 spiro atoms. The number of esters is 1. The number of aromatic nitrogens is 1. The fraction of sp³-hybridized carbons (Fsp3) is 0.423. The number of nitrogens with zero attached hydrogens (tertiary/aromatic N) is 2. The van der Waals surface area contributed by atoms with Crippen molar-refractivity contribution in [3.05, 3.63) is 64.0 Å². The van der Waals surface area contributed by atoms with E-state index in [4.69, 9.17) is 4.74 Å². The normalized spacial score (nSPS) is 15.8. The Bertz CT molecular complexity index is 1070. The third-order valence-corrected chi connectivity index (χ3v) is 5.84. The van der Waals surface area contributed by atoms with Gasteiger partial charge in [0.2, 0.25) is 0 Å². The van der Waals surface area contributed by atoms with Crippen LogP contribution in [0.2, 0.25) is 0 Å². The zero-order valence-electron chi connectivity index (χ0n) is 19.3. The van der Waals surface area contributed by atoms with E-state index in [0.29, 0.717) is 5.92 Å². The van der Waals surface area contributed by atoms with Crippen molar-refractivity contribution in [2.24, 2.45) is 5.92 Å². The van der Waals surface area contributed by atoms with Gasteiger partial charge in [0, 0.05) is 17.9 Å². The molecule has 6 nitrogen and oxygen atoms in total. The van der Waals surface area contributed by atoms with Crippen molar-refractivity contribution in [3.8, 4) is 6.07 Å². The summed E-state index contributed by atoms with van der Waals surface area (Å²) in [5.74, 6) is -0.681. The number of carbonyl (C=O) groups excluding carboxylic acids is 2. The van der Waals surface area contributed by atoms with Crippen LogP contribution in [0, 0.1) is 31.1 Å². The highest BCUT2D eigenvalue weighted by Gasteiger charge is 2.22. The molecule has 1 amide bonds. The van der Waals surface area contributed by atoms with Gasteiger partial charge in [0.25, 0.3) is 5.91 Å². The zero-order valence-corrected chi connectivity index (χ0v) is 19.3. The van der Waals surface area contributed by atoms with E-state index in [9.17, 15) is 14.9 Å². The van der Waals surface area contributed by atoms with Crippen molar-refractivity contribution >= 4 is 18.0 Å². The van der Waals surface area contributed by atoms with E-state index < -0.39 is 12.6 Å². The summed E-state index contributed by atoms with van der Waals surface area (Å²) in [6, 6.07) is 11.9. The summed E-state index contributed by atoms with van der Waals surface area (Å²) in [6.07, 6.45) is 4.40. The first-order valence-corrected chi connectivity index (χ1v) is 11.1. The molecule has 1 aliphatic rings. The molecule has 168 valence electrons. The van der Waals surface area contributed by atoms with Crippen molar-refractivity contribution < 1.29 is 14.3 Å². The van der Waals surface area contributed by atoms with E-state index in [-0.39, 0.29) is 17.5 Å². The van der Waals surface area contributed by atoms with Gasteiger partial charge in [-0.05, 0) is 67.9 Å². The van der Waals surface area contributed by atoms with Crippen LogP contribution in [0.5, 0.6) is 0 Å². The first-order valence-electron chi connectivity index (χ1n) is 11.1. The number of ether oxygens (including phenoxy) is 1. The maximum absolute atomic E-state index is 12.5. The van der Waals surface area contributed by atoms with E-state index in [1.165, 1.54) is 11.6 Å². The number of amides is 1. The highest BCUT2D eigenvalue weighted by atomic mass is 16.5. The number of hydrogen-bond acceptors (Lipinski definition) is 4. The number of aryl methyl sites for hydroxylation is 2. The molecular formula is C26H31N3O3. The van der Waals surface area contributed by atoms with Gasteiger partial charge in [0.15, 0.2) is 6.61 Å². The topological polar surface area (TPSA) is 84.1 Å². The molecule has 6 heteroatoms. The maximum Gasteiger partial charge on any atom is 0.349 e. The molecule has 0 bridgehead atoms. The van der Waals surface area contributed by atoms with Crippen LogP contribution >= 0.6 is 0 Å². The van der Waals surface area contributed by atoms with Crippen molar-refractivity contribution in [1.82, 2.24) is 9.88 Å². The lowest BCUT2D eigenvalue weighted by atomic mass is 9.88. The highest BCUT2D eigenvalue weighted by molar-refractivity contribution is 5.99. The van der Waals surface area contributed by atoms with E-state index in [1.54, 1.807) is 0 Å². The SMILES string of the molecule is Cc1cc(/C=C(\C#N)C(=O)OCC(=O)N[C@H]2CCCc3ccccc32)c(C)n1CC(C)C. The standard InChI is InChI=1S/C26H31N3O3/c1-17(2)15-29-18(3)12-21(19(29)4)13-22(14-27)26(31)32-16-25(30)28-24-11-7-9-20-8-5-6-10-23(20)24/h5-6,8,10,12-13,17,24H,7,9,11,15-16H2,1-4H3,(H,28,30)/b22-13+/t24-/m0/s1. The number of hydrogen-bond donors (Lipinski definition) is 1. The number of fused-ring (bicyclic) bond motifs is 1. The second kappa shape index (κ2) is 10.3. The maximum atomic E-state index is 12.5. The molecular weight excluding hydrogens is 402 g/mol. The Labute approximate surface area is 189 Å². The van der Waals surface area contributed by atoms with Crippen LogP contribution in [0.25, 0.3) is 6.08 Å². The van der Waals surface area contributed by atoms with Crippen molar-refractivity contribution in [3.63, 3.8) is 0 Å². The van der Waals surface area contributed by atoms with Crippen molar-refractivity contribution in [1.29, 1.82) is 5.26 Å². The number of nitrogens with one attached hydrogen (secondary N) is 1. The molecule has 32 heavy (non-hydrogen) atoms. The molecule has 2 aromatic rings. The molecule has 1 atom stereocenters. The molecule has 0 saturated heterocycles. The average molecular weight is 434 g/mol. The molecule has 1 aliphatic carbocycles. The monoisotopic (exact) mass is 433 g/mol. The molecule has 0 unspecified atom stereocenters. The van der Waals surface area contributed by atoms with Gasteiger partial charge in [-0.3, -0.25) is 4.79 Å². The Hall–Kier alpha value is -3.33. The van der Waals surface area contributed by atoms with Crippen molar-refractivity contribution in [2.45, 2.75) is 59.5 Å². The minimum Gasteiger partial charge on any atom is -0.451 e. The van der Waals surface area contributed by atoms with Gasteiger partial charge >= 0.3 is 5.97 Å². The summed E-state index contributed by atoms with van der Waals surface area (Å²) in [4.78, 5) is 24.9. The Morgan fingerprint density at radius 2 is 2.06 bits per heavy atom. The third kappa shape index (κ3) is 5.47. The van der Waals surface area contributed by atoms with Crippen LogP contribution in [0.1, 0.15) is 60.8 Å². The Morgan fingerprint density at radius 3 is 2.78 bits per heavy atom. The Kier molecular flexibility index (Phi) is 7.53. The number of rotatable bonds is 7. The molecule has 0 aliphatic heterocycles. The summed E-state index contributed by atoms with van der Waals surface area (Å²) < 4.78 is 7.32. The van der Waals surface area contributed by atoms with Crippen LogP contribution in [0.3, 0.4) is 0 Å². The van der Waals surface area contributed by atoms with Crippen LogP contribution in [0.15, 0.2) is 35.9 Å². The van der Waals surface area contributed by atoms with Gasteiger partial charge in [0.1, 0.15) is 11.6 Å². The minimum atomic E-state index is -0.791. The number of nitriles is 1. The van der Waals surface area contributed by atoms with Gasteiger partial charge in [-0.1, -0.05) is 38.1 Å². The molecule has 1 aromatic heterocycles. The van der Waals surface area contributed by atoms with E-state index in [0.717, 1.165) is 48.3 Å². The summed E-state index contributed by atoms with van der Waals surface area (Å²) in [5, 5.41) is 12.4. The number of benzene rings is 1. The largest absolute Gasteiger partial charge is 0.451 e. The summed E-state index contributed by atoms with van der Waals surface area (Å²) >= 11 is 0. The minimum absolute atomic E-state index is 0.0801. The second-order valence-corrected chi connectivity index (χ2v) is 8.79. The molecule has 1 aromatic carbocycles. The molecule has 1 heterocycles. The van der Waals surface area contributed by atoms with Crippen LogP contribution < -0.4 is 5.32 Å². The quantitative estimate of drug-likeness (QED) is 0.398. The van der Waals surface area contributed by atoms with E-state index in [1.807, 2.05) is 44.2 Å². The Morgan fingerprint density at radius 1 is 1.31 bits per heavy atom. The lowest BCUT2D eigenvalue weighted by molar-refractivity contribution is -0.144. The van der Waals surface area contributed by atoms with Crippen LogP contribution in [0.4, 0.5) is 0 Å². The first-order chi connectivity index (χ1) is 15.3. The summed E-state index contributed by atoms with van der Waals surface area (Å²) in [7, 11) is 0. The van der Waals surface area contributed by atoms with Gasteiger partial charge in [0.05, 0.1) is 6.04 Å². The van der Waals surface area contributed by atoms with Gasteiger partial charge in [-0.15, -0.1) is 0 Å². The smallest absolute Gasteiger partial charge is 0.349 e. The predicted octanol–water partition coefficient (Wildman–Crippen LogP) is 4.40. The molecule has 1 N–H and O–H groups in total. The first kappa shape index (κ1) is 23.3. The highest BCUT2D eigenvalue weighted by Crippen LogP contribution is 2.29. The van der Waals surface area contributed by atoms with E-state index in [2.05, 4.69) is 29.8 Å². The fourth-order valence-corrected chi connectivity index (χ4v) is 4.26. The summed E-state index contributed by atoms with van der Waals surface area (Å²) in [6.45, 7) is 8.71. The summed E-state index contributed by atoms with van der Waals surface area (Å²) in [5.41, 5.74) is 5.11. The second-order valence-electron chi connectivity index (χ2n) is 8.79. The molecule has 0 radical (unpaired) electrons. The number of carbonyl (C=O) groups is 2. The van der Waals surface area contributed by atoms with E-state index >= 15 is 0 Å². The predicted molar refractivity (Wildman–Crippen MR) is 124 cm³/mol. The lowest BCUT2D eigenvalue weighted by Gasteiger charge is -2.26. The third-order valence-electron chi connectivity index (χ3n) is 5.84. The zero-order chi connectivity index (χ0) is 23.3. The van der Waals surface area contributed by atoms with Crippen molar-refractivity contribution in [2.75, 3.05) is 6.61 Å². The van der Waals surface area contributed by atoms with Gasteiger partial charge < -0.3 is 14.6 Å². The average Bonchev–Trinajstić information content (AvgIpc) is 3.03. The molecule has 0 saturated carbocycles. The van der Waals surface area contributed by atoms with Crippen LogP contribution in [-0.2, 0) is 27.3 Å². The Balaban J connectivity index is 1.63.